The third-order valence-electron chi connectivity index (χ3n) is 3.81. The Morgan fingerprint density at radius 3 is 3.10 bits per heavy atom. The van der Waals surface area contributed by atoms with E-state index in [9.17, 15) is 4.79 Å². The largest absolute Gasteiger partial charge is 0.478 e. The SMILES string of the molecule is CC1CC1CN(C)c1nc2sccn2c1C=CC(=O)O. The maximum absolute atomic E-state index is 10.8. The van der Waals surface area contributed by atoms with Crippen molar-refractivity contribution in [2.45, 2.75) is 13.3 Å². The molecular weight excluding hydrogens is 274 g/mol. The van der Waals surface area contributed by atoms with Crippen molar-refractivity contribution in [2.24, 2.45) is 11.8 Å². The summed E-state index contributed by atoms with van der Waals surface area (Å²) in [6.45, 7) is 3.23. The van der Waals surface area contributed by atoms with Crippen LogP contribution < -0.4 is 4.90 Å². The molecule has 5 nitrogen and oxygen atoms in total. The monoisotopic (exact) mass is 291 g/mol. The van der Waals surface area contributed by atoms with Gasteiger partial charge in [-0.2, -0.15) is 0 Å². The van der Waals surface area contributed by atoms with Crippen LogP contribution in [0.5, 0.6) is 0 Å². The molecule has 0 aromatic carbocycles. The summed E-state index contributed by atoms with van der Waals surface area (Å²) >= 11 is 1.55. The van der Waals surface area contributed by atoms with E-state index in [0.29, 0.717) is 0 Å². The molecule has 0 bridgehead atoms. The first kappa shape index (κ1) is 13.2. The van der Waals surface area contributed by atoms with E-state index in [4.69, 9.17) is 5.11 Å². The van der Waals surface area contributed by atoms with Gasteiger partial charge in [-0.25, -0.2) is 9.78 Å². The van der Waals surface area contributed by atoms with Gasteiger partial charge in [0.15, 0.2) is 10.8 Å². The number of carboxylic acids is 1. The van der Waals surface area contributed by atoms with E-state index in [1.807, 2.05) is 23.0 Å². The highest BCUT2D eigenvalue weighted by Gasteiger charge is 2.34. The lowest BCUT2D eigenvalue weighted by molar-refractivity contribution is -0.131. The molecule has 2 heterocycles. The molecule has 2 unspecified atom stereocenters. The Kier molecular flexibility index (Phi) is 3.25. The van der Waals surface area contributed by atoms with Crippen molar-refractivity contribution in [1.82, 2.24) is 9.38 Å². The molecule has 1 aliphatic rings. The topological polar surface area (TPSA) is 57.8 Å². The summed E-state index contributed by atoms with van der Waals surface area (Å²) in [6, 6.07) is 0. The second-order valence-electron chi connectivity index (χ2n) is 5.40. The first-order chi connectivity index (χ1) is 9.56. The van der Waals surface area contributed by atoms with E-state index < -0.39 is 5.97 Å². The molecule has 6 heteroatoms. The minimum absolute atomic E-state index is 0.732. The molecule has 20 heavy (non-hydrogen) atoms. The average Bonchev–Trinajstić information content (AvgIpc) is 2.79. The van der Waals surface area contributed by atoms with Crippen molar-refractivity contribution in [3.63, 3.8) is 0 Å². The molecule has 2 aromatic rings. The second kappa shape index (κ2) is 4.94. The van der Waals surface area contributed by atoms with Crippen molar-refractivity contribution in [3.05, 3.63) is 23.3 Å². The third kappa shape index (κ3) is 2.43. The summed E-state index contributed by atoms with van der Waals surface area (Å²) in [7, 11) is 2.02. The van der Waals surface area contributed by atoms with Gasteiger partial charge in [-0.15, -0.1) is 11.3 Å². The summed E-state index contributed by atoms with van der Waals surface area (Å²) in [4.78, 5) is 18.4. The van der Waals surface area contributed by atoms with E-state index in [-0.39, 0.29) is 0 Å². The van der Waals surface area contributed by atoms with Gasteiger partial charge < -0.3 is 10.0 Å². The van der Waals surface area contributed by atoms with Gasteiger partial charge in [-0.05, 0) is 24.3 Å². The number of nitrogens with zero attached hydrogens (tertiary/aromatic N) is 3. The lowest BCUT2D eigenvalue weighted by Crippen LogP contribution is -2.21. The van der Waals surface area contributed by atoms with Crippen molar-refractivity contribution < 1.29 is 9.90 Å². The number of aromatic nitrogens is 2. The quantitative estimate of drug-likeness (QED) is 0.860. The van der Waals surface area contributed by atoms with Gasteiger partial charge in [-0.1, -0.05) is 6.92 Å². The first-order valence-electron chi connectivity index (χ1n) is 6.64. The number of carbonyl (C=O) groups is 1. The lowest BCUT2D eigenvalue weighted by Gasteiger charge is -2.17. The number of hydrogen-bond donors (Lipinski definition) is 1. The van der Waals surface area contributed by atoms with Crippen LogP contribution in [0.2, 0.25) is 0 Å². The summed E-state index contributed by atoms with van der Waals surface area (Å²) in [5, 5.41) is 10.8. The standard InChI is InChI=1S/C14H17N3O2S/c1-9-7-10(9)8-16(2)13-11(3-4-12(18)19)17-5-6-20-14(17)15-13/h3-6,9-10H,7-8H2,1-2H3,(H,18,19). The fraction of sp³-hybridized carbons (Fsp3) is 0.429. The van der Waals surface area contributed by atoms with Crippen molar-refractivity contribution in [1.29, 1.82) is 0 Å². The summed E-state index contributed by atoms with van der Waals surface area (Å²) in [6.07, 6.45) is 5.98. The molecule has 0 amide bonds. The molecule has 2 atom stereocenters. The zero-order valence-electron chi connectivity index (χ0n) is 11.5. The smallest absolute Gasteiger partial charge is 0.328 e. The van der Waals surface area contributed by atoms with Crippen molar-refractivity contribution in [2.75, 3.05) is 18.5 Å². The van der Waals surface area contributed by atoms with E-state index in [1.54, 1.807) is 17.4 Å². The van der Waals surface area contributed by atoms with E-state index in [1.165, 1.54) is 6.42 Å². The highest BCUT2D eigenvalue weighted by Crippen LogP contribution is 2.39. The molecule has 106 valence electrons. The number of rotatable bonds is 5. The number of anilines is 1. The average molecular weight is 291 g/mol. The lowest BCUT2D eigenvalue weighted by atomic mass is 10.3. The highest BCUT2D eigenvalue weighted by atomic mass is 32.1. The van der Waals surface area contributed by atoms with Crippen molar-refractivity contribution >= 4 is 34.2 Å². The summed E-state index contributed by atoms with van der Waals surface area (Å²) < 4.78 is 1.94. The van der Waals surface area contributed by atoms with E-state index in [0.717, 1.165) is 40.9 Å². The van der Waals surface area contributed by atoms with Crippen LogP contribution in [0.3, 0.4) is 0 Å². The van der Waals surface area contributed by atoms with Gasteiger partial charge in [0, 0.05) is 31.2 Å². The zero-order chi connectivity index (χ0) is 14.3. The van der Waals surface area contributed by atoms with Gasteiger partial charge in [-0.3, -0.25) is 4.40 Å². The number of aliphatic carboxylic acids is 1. The van der Waals surface area contributed by atoms with E-state index in [2.05, 4.69) is 16.8 Å². The molecule has 2 aromatic heterocycles. The van der Waals surface area contributed by atoms with Crippen LogP contribution in [0.25, 0.3) is 11.0 Å². The van der Waals surface area contributed by atoms with Gasteiger partial charge >= 0.3 is 5.97 Å². The molecule has 0 radical (unpaired) electrons. The maximum atomic E-state index is 10.8. The van der Waals surface area contributed by atoms with Crippen LogP contribution >= 0.6 is 11.3 Å². The summed E-state index contributed by atoms with van der Waals surface area (Å²) in [5.41, 5.74) is 0.833. The van der Waals surface area contributed by atoms with Gasteiger partial charge in [0.05, 0.1) is 5.69 Å². The zero-order valence-corrected chi connectivity index (χ0v) is 12.3. The Morgan fingerprint density at radius 1 is 1.70 bits per heavy atom. The number of imidazole rings is 1. The fourth-order valence-electron chi connectivity index (χ4n) is 2.47. The molecule has 1 N–H and O–H groups in total. The van der Waals surface area contributed by atoms with Gasteiger partial charge in [0.2, 0.25) is 0 Å². The number of fused-ring (bicyclic) bond motifs is 1. The van der Waals surface area contributed by atoms with Crippen LogP contribution in [0.4, 0.5) is 5.82 Å². The Labute approximate surface area is 121 Å². The maximum Gasteiger partial charge on any atom is 0.328 e. The molecule has 1 aliphatic carbocycles. The van der Waals surface area contributed by atoms with Crippen LogP contribution in [-0.2, 0) is 4.79 Å². The van der Waals surface area contributed by atoms with Crippen LogP contribution in [-0.4, -0.2) is 34.1 Å². The second-order valence-corrected chi connectivity index (χ2v) is 6.27. The van der Waals surface area contributed by atoms with E-state index >= 15 is 0 Å². The highest BCUT2D eigenvalue weighted by molar-refractivity contribution is 7.15. The number of hydrogen-bond acceptors (Lipinski definition) is 4. The van der Waals surface area contributed by atoms with Crippen LogP contribution in [0, 0.1) is 11.8 Å². The predicted molar refractivity (Wildman–Crippen MR) is 80.3 cm³/mol. The minimum atomic E-state index is -0.945. The minimum Gasteiger partial charge on any atom is -0.478 e. The number of thiazole rings is 1. The summed E-state index contributed by atoms with van der Waals surface area (Å²) in [5.74, 6) is 1.43. The van der Waals surface area contributed by atoms with Gasteiger partial charge in [0.25, 0.3) is 0 Å². The van der Waals surface area contributed by atoms with Crippen molar-refractivity contribution in [3.8, 4) is 0 Å². The normalized spacial score (nSPS) is 21.7. The first-order valence-corrected chi connectivity index (χ1v) is 7.52. The Balaban J connectivity index is 1.93. The van der Waals surface area contributed by atoms with Gasteiger partial charge in [0.1, 0.15) is 0 Å². The number of carboxylic acid groups (broad SMARTS) is 1. The molecule has 0 saturated heterocycles. The molecule has 0 spiro atoms. The fourth-order valence-corrected chi connectivity index (χ4v) is 3.19. The third-order valence-corrected chi connectivity index (χ3v) is 4.57. The Morgan fingerprint density at radius 2 is 2.45 bits per heavy atom. The Hall–Kier alpha value is -1.82. The molecule has 3 rings (SSSR count). The van der Waals surface area contributed by atoms with Crippen LogP contribution in [0.15, 0.2) is 17.7 Å². The van der Waals surface area contributed by atoms with Crippen LogP contribution in [0.1, 0.15) is 19.0 Å². The molecule has 1 fully saturated rings. The predicted octanol–water partition coefficient (Wildman–Crippen LogP) is 2.59. The molecular formula is C14H17N3O2S. The molecule has 0 aliphatic heterocycles. The Bertz CT molecular complexity index is 673. The molecule has 1 saturated carbocycles.